The van der Waals surface area contributed by atoms with Crippen LogP contribution in [0.3, 0.4) is 0 Å². The highest BCUT2D eigenvalue weighted by Crippen LogP contribution is 2.31. The summed E-state index contributed by atoms with van der Waals surface area (Å²) in [6.07, 6.45) is 3.04. The molecule has 18 heavy (non-hydrogen) atoms. The number of halogens is 2. The summed E-state index contributed by atoms with van der Waals surface area (Å²) in [5.74, 6) is -0.379. The molecule has 1 heterocycles. The van der Waals surface area contributed by atoms with Crippen molar-refractivity contribution in [1.82, 2.24) is 5.32 Å². The Bertz CT molecular complexity index is 490. The van der Waals surface area contributed by atoms with Gasteiger partial charge in [0.1, 0.15) is 5.82 Å². The van der Waals surface area contributed by atoms with Crippen LogP contribution < -0.4 is 10.2 Å². The predicted octanol–water partition coefficient (Wildman–Crippen LogP) is 2.34. The monoisotopic (exact) mass is 268 g/mol. The summed E-state index contributed by atoms with van der Waals surface area (Å²) in [6.45, 7) is 0.590. The summed E-state index contributed by atoms with van der Waals surface area (Å²) in [7, 11) is 0. The normalized spacial score (nSPS) is 23.8. The van der Waals surface area contributed by atoms with Crippen molar-refractivity contribution < 1.29 is 9.18 Å². The molecule has 1 aromatic carbocycles. The maximum absolute atomic E-state index is 13.2. The van der Waals surface area contributed by atoms with E-state index in [-0.39, 0.29) is 17.8 Å². The third kappa shape index (κ3) is 2.22. The first-order valence-electron chi connectivity index (χ1n) is 6.17. The first kappa shape index (κ1) is 11.9. The SMILES string of the molecule is O=C1C(NC2CC2)CCN1c1cc(F)ccc1Cl. The Morgan fingerprint density at radius 2 is 2.11 bits per heavy atom. The molecule has 96 valence electrons. The molecule has 3 rings (SSSR count). The largest absolute Gasteiger partial charge is 0.309 e. The Morgan fingerprint density at radius 1 is 1.33 bits per heavy atom. The molecule has 1 aliphatic carbocycles. The minimum atomic E-state index is -0.374. The molecule has 1 saturated carbocycles. The molecule has 2 fully saturated rings. The lowest BCUT2D eigenvalue weighted by atomic mass is 10.2. The van der Waals surface area contributed by atoms with Crippen molar-refractivity contribution in [3.63, 3.8) is 0 Å². The minimum absolute atomic E-state index is 0.00519. The van der Waals surface area contributed by atoms with E-state index in [2.05, 4.69) is 5.32 Å². The molecule has 1 atom stereocenters. The van der Waals surface area contributed by atoms with Gasteiger partial charge in [-0.15, -0.1) is 0 Å². The maximum Gasteiger partial charge on any atom is 0.244 e. The van der Waals surface area contributed by atoms with Crippen molar-refractivity contribution in [2.45, 2.75) is 31.3 Å². The van der Waals surface area contributed by atoms with Crippen LogP contribution in [-0.4, -0.2) is 24.5 Å². The molecule has 1 unspecified atom stereocenters. The molecule has 1 aromatic rings. The van der Waals surface area contributed by atoms with Gasteiger partial charge in [0.2, 0.25) is 5.91 Å². The Labute approximate surface area is 110 Å². The zero-order valence-electron chi connectivity index (χ0n) is 9.83. The van der Waals surface area contributed by atoms with E-state index in [9.17, 15) is 9.18 Å². The van der Waals surface area contributed by atoms with Crippen LogP contribution in [0.1, 0.15) is 19.3 Å². The molecule has 0 bridgehead atoms. The van der Waals surface area contributed by atoms with Crippen molar-refractivity contribution in [3.8, 4) is 0 Å². The number of benzene rings is 1. The molecule has 3 nitrogen and oxygen atoms in total. The van der Waals surface area contributed by atoms with Gasteiger partial charge in [-0.1, -0.05) is 11.6 Å². The maximum atomic E-state index is 13.2. The van der Waals surface area contributed by atoms with Crippen molar-refractivity contribution in [1.29, 1.82) is 0 Å². The van der Waals surface area contributed by atoms with Crippen LogP contribution >= 0.6 is 11.6 Å². The smallest absolute Gasteiger partial charge is 0.244 e. The van der Waals surface area contributed by atoms with Crippen LogP contribution in [0.25, 0.3) is 0 Å². The lowest BCUT2D eigenvalue weighted by Gasteiger charge is -2.18. The fourth-order valence-electron chi connectivity index (χ4n) is 2.30. The summed E-state index contributed by atoms with van der Waals surface area (Å²) >= 11 is 6.03. The first-order valence-corrected chi connectivity index (χ1v) is 6.55. The summed E-state index contributed by atoms with van der Waals surface area (Å²) in [4.78, 5) is 13.8. The molecule has 2 aliphatic rings. The number of hydrogen-bond donors (Lipinski definition) is 1. The van der Waals surface area contributed by atoms with E-state index in [1.807, 2.05) is 0 Å². The van der Waals surface area contributed by atoms with Crippen LogP contribution in [0.2, 0.25) is 5.02 Å². The fourth-order valence-corrected chi connectivity index (χ4v) is 2.52. The van der Waals surface area contributed by atoms with Gasteiger partial charge in [0.05, 0.1) is 16.8 Å². The zero-order chi connectivity index (χ0) is 12.7. The van der Waals surface area contributed by atoms with E-state index in [4.69, 9.17) is 11.6 Å². The molecular weight excluding hydrogens is 255 g/mol. The van der Waals surface area contributed by atoms with Gasteiger partial charge < -0.3 is 10.2 Å². The van der Waals surface area contributed by atoms with E-state index < -0.39 is 0 Å². The van der Waals surface area contributed by atoms with Gasteiger partial charge in [-0.05, 0) is 37.5 Å². The highest BCUT2D eigenvalue weighted by Gasteiger charge is 2.36. The summed E-state index contributed by atoms with van der Waals surface area (Å²) in [6, 6.07) is 4.45. The molecule has 1 saturated heterocycles. The number of amides is 1. The predicted molar refractivity (Wildman–Crippen MR) is 68.3 cm³/mol. The molecule has 0 aromatic heterocycles. The van der Waals surface area contributed by atoms with E-state index in [1.54, 1.807) is 4.90 Å². The number of carbonyl (C=O) groups is 1. The summed E-state index contributed by atoms with van der Waals surface area (Å²) < 4.78 is 13.2. The Hall–Kier alpha value is -1.13. The minimum Gasteiger partial charge on any atom is -0.309 e. The molecule has 1 aliphatic heterocycles. The van der Waals surface area contributed by atoms with Gasteiger partial charge >= 0.3 is 0 Å². The topological polar surface area (TPSA) is 32.3 Å². The second-order valence-corrected chi connectivity index (χ2v) is 5.28. The van der Waals surface area contributed by atoms with Crippen LogP contribution in [0.4, 0.5) is 10.1 Å². The summed E-state index contributed by atoms with van der Waals surface area (Å²) in [5, 5.41) is 3.72. The van der Waals surface area contributed by atoms with Crippen LogP contribution in [-0.2, 0) is 4.79 Å². The number of anilines is 1. The van der Waals surface area contributed by atoms with Crippen molar-refractivity contribution in [2.75, 3.05) is 11.4 Å². The summed E-state index contributed by atoms with van der Waals surface area (Å²) in [5.41, 5.74) is 0.474. The average Bonchev–Trinajstić information content (AvgIpc) is 3.09. The van der Waals surface area contributed by atoms with E-state index in [0.29, 0.717) is 23.3 Å². The number of nitrogens with one attached hydrogen (secondary N) is 1. The van der Waals surface area contributed by atoms with Crippen LogP contribution in [0, 0.1) is 5.82 Å². The third-order valence-electron chi connectivity index (χ3n) is 3.42. The lowest BCUT2D eigenvalue weighted by Crippen LogP contribution is -2.39. The molecule has 5 heteroatoms. The fraction of sp³-hybridized carbons (Fsp3) is 0.462. The molecule has 1 N–H and O–H groups in total. The van der Waals surface area contributed by atoms with Gasteiger partial charge in [0, 0.05) is 12.6 Å². The zero-order valence-corrected chi connectivity index (χ0v) is 10.6. The van der Waals surface area contributed by atoms with E-state index >= 15 is 0 Å². The van der Waals surface area contributed by atoms with Crippen LogP contribution in [0.5, 0.6) is 0 Å². The first-order chi connectivity index (χ1) is 8.65. The van der Waals surface area contributed by atoms with Gasteiger partial charge in [0.15, 0.2) is 0 Å². The number of hydrogen-bond acceptors (Lipinski definition) is 2. The molecule has 1 amide bonds. The van der Waals surface area contributed by atoms with Gasteiger partial charge in [-0.3, -0.25) is 4.79 Å². The molecule has 0 radical (unpaired) electrons. The number of nitrogens with zero attached hydrogens (tertiary/aromatic N) is 1. The lowest BCUT2D eigenvalue weighted by molar-refractivity contribution is -0.118. The Kier molecular flexibility index (Phi) is 2.99. The van der Waals surface area contributed by atoms with Crippen molar-refractivity contribution in [2.24, 2.45) is 0 Å². The van der Waals surface area contributed by atoms with Gasteiger partial charge in [-0.25, -0.2) is 4.39 Å². The quantitative estimate of drug-likeness (QED) is 0.913. The van der Waals surface area contributed by atoms with Gasteiger partial charge in [0.25, 0.3) is 0 Å². The van der Waals surface area contributed by atoms with Crippen LogP contribution in [0.15, 0.2) is 18.2 Å². The highest BCUT2D eigenvalue weighted by molar-refractivity contribution is 6.33. The second-order valence-electron chi connectivity index (χ2n) is 4.87. The van der Waals surface area contributed by atoms with E-state index in [0.717, 1.165) is 19.3 Å². The van der Waals surface area contributed by atoms with Crippen molar-refractivity contribution >= 4 is 23.2 Å². The Morgan fingerprint density at radius 3 is 2.83 bits per heavy atom. The average molecular weight is 269 g/mol. The van der Waals surface area contributed by atoms with Gasteiger partial charge in [-0.2, -0.15) is 0 Å². The number of carbonyl (C=O) groups excluding carboxylic acids is 1. The standard InChI is InChI=1S/C13H14ClFN2O/c14-10-4-1-8(15)7-12(10)17-6-5-11(13(17)18)16-9-2-3-9/h1,4,7,9,11,16H,2-3,5-6H2. The Balaban J connectivity index is 1.80. The second kappa shape index (κ2) is 4.52. The highest BCUT2D eigenvalue weighted by atomic mass is 35.5. The molecule has 0 spiro atoms. The van der Waals surface area contributed by atoms with E-state index in [1.165, 1.54) is 18.2 Å². The number of rotatable bonds is 3. The van der Waals surface area contributed by atoms with Crippen molar-refractivity contribution in [3.05, 3.63) is 29.0 Å². The third-order valence-corrected chi connectivity index (χ3v) is 3.74. The molecular formula is C13H14ClFN2O.